The maximum absolute atomic E-state index is 13.2. The van der Waals surface area contributed by atoms with Crippen molar-refractivity contribution >= 4 is 22.5 Å². The number of benzene rings is 2. The Hall–Kier alpha value is -4.00. The topological polar surface area (TPSA) is 101 Å². The Morgan fingerprint density at radius 3 is 2.75 bits per heavy atom. The molecule has 184 valence electrons. The standard InChI is InChI=1S/C27H29N7O2/c1-19(2)26-20(15-28)4-3-5-24(26)27(35)31-22-7-6-21-16-30-34(25(21)14-22)23-17-29-33(18-23)9-8-32-10-12-36-13-11-32/h3-7,14,16-19H,8-13H2,1-2H3,(H,31,35). The first-order valence-electron chi connectivity index (χ1n) is 12.2. The number of nitrogens with zero attached hydrogens (tertiary/aromatic N) is 6. The van der Waals surface area contributed by atoms with E-state index in [9.17, 15) is 10.1 Å². The molecule has 0 unspecified atom stereocenters. The molecule has 1 N–H and O–H groups in total. The zero-order chi connectivity index (χ0) is 25.1. The number of rotatable bonds is 7. The summed E-state index contributed by atoms with van der Waals surface area (Å²) >= 11 is 0. The van der Waals surface area contributed by atoms with Gasteiger partial charge in [-0.25, -0.2) is 4.68 Å². The molecule has 1 aliphatic heterocycles. The minimum Gasteiger partial charge on any atom is -0.379 e. The van der Waals surface area contributed by atoms with Gasteiger partial charge in [0, 0.05) is 36.3 Å². The van der Waals surface area contributed by atoms with Gasteiger partial charge in [-0.2, -0.15) is 15.5 Å². The Morgan fingerprint density at radius 1 is 1.14 bits per heavy atom. The van der Waals surface area contributed by atoms with E-state index in [0.717, 1.165) is 61.5 Å². The summed E-state index contributed by atoms with van der Waals surface area (Å²) in [5, 5.41) is 22.5. The van der Waals surface area contributed by atoms with E-state index in [2.05, 4.69) is 26.5 Å². The van der Waals surface area contributed by atoms with Crippen molar-refractivity contribution < 1.29 is 9.53 Å². The zero-order valence-electron chi connectivity index (χ0n) is 20.5. The van der Waals surface area contributed by atoms with Crippen LogP contribution in [0.1, 0.15) is 41.3 Å². The molecule has 4 aromatic rings. The van der Waals surface area contributed by atoms with E-state index in [1.807, 2.05) is 47.6 Å². The second kappa shape index (κ2) is 10.3. The van der Waals surface area contributed by atoms with E-state index < -0.39 is 0 Å². The van der Waals surface area contributed by atoms with Crippen LogP contribution in [0.2, 0.25) is 0 Å². The molecule has 2 aromatic heterocycles. The third-order valence-corrected chi connectivity index (χ3v) is 6.49. The molecule has 3 heterocycles. The van der Waals surface area contributed by atoms with Crippen LogP contribution >= 0.6 is 0 Å². The van der Waals surface area contributed by atoms with Crippen LogP contribution < -0.4 is 5.32 Å². The van der Waals surface area contributed by atoms with Crippen LogP contribution in [0.25, 0.3) is 16.6 Å². The van der Waals surface area contributed by atoms with Crippen LogP contribution in [0.3, 0.4) is 0 Å². The lowest BCUT2D eigenvalue weighted by atomic mass is 9.92. The van der Waals surface area contributed by atoms with E-state index in [-0.39, 0.29) is 11.8 Å². The molecule has 5 rings (SSSR count). The highest BCUT2D eigenvalue weighted by Gasteiger charge is 2.18. The van der Waals surface area contributed by atoms with Gasteiger partial charge >= 0.3 is 0 Å². The van der Waals surface area contributed by atoms with Crippen LogP contribution in [0.15, 0.2) is 55.0 Å². The SMILES string of the molecule is CC(C)c1c(C#N)cccc1C(=O)Nc1ccc2cnn(-c3cnn(CCN4CCOCC4)c3)c2c1. The minimum atomic E-state index is -0.239. The first kappa shape index (κ1) is 23.7. The van der Waals surface area contributed by atoms with E-state index >= 15 is 0 Å². The van der Waals surface area contributed by atoms with Gasteiger partial charge in [0.05, 0.1) is 55.5 Å². The van der Waals surface area contributed by atoms with Crippen LogP contribution in [-0.2, 0) is 11.3 Å². The van der Waals surface area contributed by atoms with Gasteiger partial charge in [0.25, 0.3) is 5.91 Å². The molecule has 9 heteroatoms. The van der Waals surface area contributed by atoms with Crippen LogP contribution in [-0.4, -0.2) is 63.2 Å². The van der Waals surface area contributed by atoms with Crippen molar-refractivity contribution in [2.45, 2.75) is 26.3 Å². The molecular formula is C27H29N7O2. The monoisotopic (exact) mass is 483 g/mol. The summed E-state index contributed by atoms with van der Waals surface area (Å²) in [6, 6.07) is 13.2. The molecule has 2 aromatic carbocycles. The molecule has 1 saturated heterocycles. The maximum atomic E-state index is 13.2. The molecule has 0 bridgehead atoms. The number of carbonyl (C=O) groups excluding carboxylic acids is 1. The second-order valence-electron chi connectivity index (χ2n) is 9.23. The third-order valence-electron chi connectivity index (χ3n) is 6.49. The molecule has 1 aliphatic rings. The van der Waals surface area contributed by atoms with Gasteiger partial charge in [-0.15, -0.1) is 0 Å². The molecule has 0 saturated carbocycles. The van der Waals surface area contributed by atoms with Crippen molar-refractivity contribution in [3.05, 3.63) is 71.7 Å². The second-order valence-corrected chi connectivity index (χ2v) is 9.23. The van der Waals surface area contributed by atoms with Crippen LogP contribution in [0.4, 0.5) is 5.69 Å². The molecule has 0 atom stereocenters. The zero-order valence-corrected chi connectivity index (χ0v) is 20.5. The van der Waals surface area contributed by atoms with E-state index in [1.165, 1.54) is 0 Å². The van der Waals surface area contributed by atoms with Gasteiger partial charge in [-0.05, 0) is 41.8 Å². The molecule has 36 heavy (non-hydrogen) atoms. The van der Waals surface area contributed by atoms with E-state index in [1.54, 1.807) is 30.6 Å². The average molecular weight is 484 g/mol. The fourth-order valence-electron chi connectivity index (χ4n) is 4.64. The summed E-state index contributed by atoms with van der Waals surface area (Å²) < 4.78 is 9.18. The normalized spacial score (nSPS) is 14.3. The minimum absolute atomic E-state index is 0.0466. The summed E-state index contributed by atoms with van der Waals surface area (Å²) in [5.41, 5.74) is 4.19. The largest absolute Gasteiger partial charge is 0.379 e. The van der Waals surface area contributed by atoms with Crippen LogP contribution in [0.5, 0.6) is 0 Å². The summed E-state index contributed by atoms with van der Waals surface area (Å²) in [7, 11) is 0. The Morgan fingerprint density at radius 2 is 1.97 bits per heavy atom. The van der Waals surface area contributed by atoms with Crippen molar-refractivity contribution in [1.29, 1.82) is 5.26 Å². The number of hydrogen-bond acceptors (Lipinski definition) is 6. The van der Waals surface area contributed by atoms with Crippen molar-refractivity contribution in [3.63, 3.8) is 0 Å². The molecule has 0 spiro atoms. The van der Waals surface area contributed by atoms with Crippen molar-refractivity contribution in [2.75, 3.05) is 38.2 Å². The first-order valence-corrected chi connectivity index (χ1v) is 12.2. The highest BCUT2D eigenvalue weighted by Crippen LogP contribution is 2.26. The molecule has 1 fully saturated rings. The molecule has 0 aliphatic carbocycles. The van der Waals surface area contributed by atoms with Crippen molar-refractivity contribution in [1.82, 2.24) is 24.5 Å². The number of carbonyl (C=O) groups is 1. The molecular weight excluding hydrogens is 454 g/mol. The smallest absolute Gasteiger partial charge is 0.255 e. The quantitative estimate of drug-likeness (QED) is 0.429. The van der Waals surface area contributed by atoms with Gasteiger partial charge in [-0.3, -0.25) is 14.4 Å². The van der Waals surface area contributed by atoms with Crippen molar-refractivity contribution in [3.8, 4) is 11.8 Å². The number of hydrogen-bond donors (Lipinski definition) is 1. The fraction of sp³-hybridized carbons (Fsp3) is 0.333. The van der Waals surface area contributed by atoms with Gasteiger partial charge in [0.2, 0.25) is 0 Å². The summed E-state index contributed by atoms with van der Waals surface area (Å²) in [6.45, 7) is 9.15. The number of aromatic nitrogens is 4. The fourth-order valence-corrected chi connectivity index (χ4v) is 4.64. The third kappa shape index (κ3) is 4.87. The lowest BCUT2D eigenvalue weighted by Crippen LogP contribution is -2.38. The lowest BCUT2D eigenvalue weighted by Gasteiger charge is -2.26. The van der Waals surface area contributed by atoms with Crippen LogP contribution in [0, 0.1) is 11.3 Å². The molecule has 1 amide bonds. The number of anilines is 1. The molecule has 0 radical (unpaired) electrons. The number of ether oxygens (including phenoxy) is 1. The Labute approximate surface area is 209 Å². The van der Waals surface area contributed by atoms with Gasteiger partial charge in [0.15, 0.2) is 0 Å². The summed E-state index contributed by atoms with van der Waals surface area (Å²) in [5.74, 6) is -0.192. The molecule has 9 nitrogen and oxygen atoms in total. The Balaban J connectivity index is 1.36. The van der Waals surface area contributed by atoms with E-state index in [0.29, 0.717) is 16.8 Å². The number of morpholine rings is 1. The predicted molar refractivity (Wildman–Crippen MR) is 137 cm³/mol. The summed E-state index contributed by atoms with van der Waals surface area (Å²) in [6.07, 6.45) is 5.60. The van der Waals surface area contributed by atoms with Gasteiger partial charge in [-0.1, -0.05) is 19.9 Å². The maximum Gasteiger partial charge on any atom is 0.255 e. The highest BCUT2D eigenvalue weighted by molar-refractivity contribution is 6.06. The number of amides is 1. The lowest BCUT2D eigenvalue weighted by molar-refractivity contribution is 0.0359. The van der Waals surface area contributed by atoms with Gasteiger partial charge < -0.3 is 10.1 Å². The van der Waals surface area contributed by atoms with E-state index in [4.69, 9.17) is 4.74 Å². The van der Waals surface area contributed by atoms with Gasteiger partial charge in [0.1, 0.15) is 5.69 Å². The average Bonchev–Trinajstić information content (AvgIpc) is 3.54. The number of nitriles is 1. The highest BCUT2D eigenvalue weighted by atomic mass is 16.5. The number of fused-ring (bicyclic) bond motifs is 1. The Kier molecular flexibility index (Phi) is 6.80. The first-order chi connectivity index (χ1) is 17.5. The summed E-state index contributed by atoms with van der Waals surface area (Å²) in [4.78, 5) is 15.5. The Bertz CT molecular complexity index is 1420. The predicted octanol–water partition coefficient (Wildman–Crippen LogP) is 3.80. The van der Waals surface area contributed by atoms with Crippen molar-refractivity contribution in [2.24, 2.45) is 0 Å². The number of nitrogens with one attached hydrogen (secondary N) is 1.